The molecule has 0 aliphatic carbocycles. The van der Waals surface area contributed by atoms with Crippen LogP contribution in [0.15, 0.2) is 36.4 Å². The molecule has 1 heterocycles. The maximum atomic E-state index is 12.9. The summed E-state index contributed by atoms with van der Waals surface area (Å²) >= 11 is 6.28. The van der Waals surface area contributed by atoms with Gasteiger partial charge in [-0.15, -0.1) is 0 Å². The molecular weight excluding hydrogens is 414 g/mol. The second-order valence-electron chi connectivity index (χ2n) is 7.57. The summed E-state index contributed by atoms with van der Waals surface area (Å²) in [7, 11) is 3.22. The maximum absolute atomic E-state index is 12.9. The van der Waals surface area contributed by atoms with Gasteiger partial charge in [-0.3, -0.25) is 4.79 Å². The van der Waals surface area contributed by atoms with Crippen molar-refractivity contribution in [3.63, 3.8) is 0 Å². The lowest BCUT2D eigenvalue weighted by atomic mass is 10.1. The smallest absolute Gasteiger partial charge is 0.225 e. The predicted molar refractivity (Wildman–Crippen MR) is 123 cm³/mol. The Hall–Kier alpha value is -2.99. The van der Waals surface area contributed by atoms with Crippen molar-refractivity contribution in [1.29, 1.82) is 0 Å². The zero-order valence-corrected chi connectivity index (χ0v) is 19.5. The van der Waals surface area contributed by atoms with Crippen molar-refractivity contribution in [3.05, 3.63) is 69.5 Å². The number of ether oxygens (including phenoxy) is 2. The number of nitrogens with one attached hydrogen (secondary N) is 1. The lowest BCUT2D eigenvalue weighted by Crippen LogP contribution is -2.28. The normalized spacial score (nSPS) is 11.8. The summed E-state index contributed by atoms with van der Waals surface area (Å²) < 4.78 is 12.6. The molecule has 0 saturated carbocycles. The number of nitrogens with zero attached hydrogens (tertiary/aromatic N) is 2. The summed E-state index contributed by atoms with van der Waals surface area (Å²) in [5.41, 5.74) is 5.37. The minimum atomic E-state index is -0.246. The van der Waals surface area contributed by atoms with Gasteiger partial charge in [0.25, 0.3) is 0 Å². The van der Waals surface area contributed by atoms with Crippen LogP contribution in [0.4, 0.5) is 0 Å². The molecule has 0 aliphatic rings. The number of carbonyl (C=O) groups is 1. The molecule has 1 aromatic heterocycles. The lowest BCUT2D eigenvalue weighted by Gasteiger charge is -2.18. The fraction of sp³-hybridized carbons (Fsp3) is 0.333. The summed E-state index contributed by atoms with van der Waals surface area (Å²) in [6, 6.07) is 11.1. The van der Waals surface area contributed by atoms with E-state index in [0.717, 1.165) is 33.8 Å². The average molecular weight is 442 g/mol. The van der Waals surface area contributed by atoms with Crippen LogP contribution in [0.5, 0.6) is 11.5 Å². The maximum Gasteiger partial charge on any atom is 0.225 e. The van der Waals surface area contributed by atoms with Crippen molar-refractivity contribution >= 4 is 17.5 Å². The minimum absolute atomic E-state index is 0.0925. The van der Waals surface area contributed by atoms with E-state index in [9.17, 15) is 4.79 Å². The third kappa shape index (κ3) is 4.85. The number of benzene rings is 2. The van der Waals surface area contributed by atoms with E-state index in [1.165, 1.54) is 0 Å². The number of aryl methyl sites for hydroxylation is 2. The molecule has 0 fully saturated rings. The molecule has 2 aromatic carbocycles. The Bertz CT molecular complexity index is 1110. The SMILES string of the molecule is COc1ccc(OC)c(C(C)NC(=O)Cc2c(C)nn(-c3ccc(C)c(Cl)c3)c2C)c1. The Morgan fingerprint density at radius 2 is 1.87 bits per heavy atom. The van der Waals surface area contributed by atoms with E-state index in [-0.39, 0.29) is 18.4 Å². The van der Waals surface area contributed by atoms with Crippen LogP contribution in [0.3, 0.4) is 0 Å². The summed E-state index contributed by atoms with van der Waals surface area (Å²) in [6.45, 7) is 7.76. The van der Waals surface area contributed by atoms with Gasteiger partial charge in [-0.05, 0) is 63.6 Å². The van der Waals surface area contributed by atoms with Gasteiger partial charge >= 0.3 is 0 Å². The minimum Gasteiger partial charge on any atom is -0.497 e. The van der Waals surface area contributed by atoms with E-state index in [1.807, 2.05) is 68.8 Å². The summed E-state index contributed by atoms with van der Waals surface area (Å²) in [4.78, 5) is 12.9. The van der Waals surface area contributed by atoms with E-state index < -0.39 is 0 Å². The highest BCUT2D eigenvalue weighted by atomic mass is 35.5. The molecule has 1 amide bonds. The first-order chi connectivity index (χ1) is 14.7. The zero-order valence-electron chi connectivity index (χ0n) is 18.7. The van der Waals surface area contributed by atoms with Gasteiger partial charge in [-0.2, -0.15) is 5.10 Å². The van der Waals surface area contributed by atoms with Crippen LogP contribution in [-0.2, 0) is 11.2 Å². The Morgan fingerprint density at radius 3 is 2.52 bits per heavy atom. The van der Waals surface area contributed by atoms with Gasteiger partial charge < -0.3 is 14.8 Å². The van der Waals surface area contributed by atoms with Gasteiger partial charge in [0.1, 0.15) is 11.5 Å². The Labute approximate surface area is 188 Å². The van der Waals surface area contributed by atoms with Gasteiger partial charge in [0.2, 0.25) is 5.91 Å². The van der Waals surface area contributed by atoms with Crippen LogP contribution in [0.2, 0.25) is 5.02 Å². The molecule has 7 heteroatoms. The van der Waals surface area contributed by atoms with Crippen molar-refractivity contribution in [2.45, 2.75) is 40.2 Å². The van der Waals surface area contributed by atoms with Crippen LogP contribution < -0.4 is 14.8 Å². The summed E-state index contributed by atoms with van der Waals surface area (Å²) in [5.74, 6) is 1.32. The molecule has 0 spiro atoms. The standard InChI is InChI=1S/C24H28ClN3O3/c1-14-7-8-18(11-22(14)25)28-17(4)20(16(3)27-28)13-24(29)26-15(2)21-12-19(30-5)9-10-23(21)31-6/h7-12,15H,13H2,1-6H3,(H,26,29). The zero-order chi connectivity index (χ0) is 22.7. The molecule has 164 valence electrons. The van der Waals surface area contributed by atoms with E-state index in [2.05, 4.69) is 10.4 Å². The fourth-order valence-electron chi connectivity index (χ4n) is 3.60. The van der Waals surface area contributed by atoms with Crippen LogP contribution in [0.25, 0.3) is 5.69 Å². The van der Waals surface area contributed by atoms with Crippen molar-refractivity contribution in [2.24, 2.45) is 0 Å². The fourth-order valence-corrected chi connectivity index (χ4v) is 3.78. The second kappa shape index (κ2) is 9.43. The predicted octanol–water partition coefficient (Wildman–Crippen LogP) is 4.89. The van der Waals surface area contributed by atoms with E-state index in [4.69, 9.17) is 21.1 Å². The van der Waals surface area contributed by atoms with Gasteiger partial charge in [0, 0.05) is 21.8 Å². The molecule has 0 bridgehead atoms. The number of hydrogen-bond acceptors (Lipinski definition) is 4. The highest BCUT2D eigenvalue weighted by Gasteiger charge is 2.19. The first-order valence-electron chi connectivity index (χ1n) is 10.1. The van der Waals surface area contributed by atoms with E-state index in [1.54, 1.807) is 14.2 Å². The number of carbonyl (C=O) groups excluding carboxylic acids is 1. The number of hydrogen-bond donors (Lipinski definition) is 1. The molecule has 0 saturated heterocycles. The van der Waals surface area contributed by atoms with Crippen LogP contribution in [0, 0.1) is 20.8 Å². The summed E-state index contributed by atoms with van der Waals surface area (Å²) in [5, 5.41) is 8.38. The van der Waals surface area contributed by atoms with Gasteiger partial charge in [-0.1, -0.05) is 17.7 Å². The van der Waals surface area contributed by atoms with Crippen molar-refractivity contribution in [1.82, 2.24) is 15.1 Å². The van der Waals surface area contributed by atoms with E-state index >= 15 is 0 Å². The van der Waals surface area contributed by atoms with Gasteiger partial charge in [0.05, 0.1) is 38.1 Å². The molecular formula is C24H28ClN3O3. The van der Waals surface area contributed by atoms with Crippen LogP contribution >= 0.6 is 11.6 Å². The lowest BCUT2D eigenvalue weighted by molar-refractivity contribution is -0.121. The molecule has 6 nitrogen and oxygen atoms in total. The largest absolute Gasteiger partial charge is 0.497 e. The number of rotatable bonds is 7. The first-order valence-corrected chi connectivity index (χ1v) is 10.5. The topological polar surface area (TPSA) is 65.4 Å². The van der Waals surface area contributed by atoms with Crippen molar-refractivity contribution in [2.75, 3.05) is 14.2 Å². The third-order valence-corrected chi connectivity index (χ3v) is 5.87. The number of aromatic nitrogens is 2. The van der Waals surface area contributed by atoms with E-state index in [0.29, 0.717) is 16.5 Å². The molecule has 1 atom stereocenters. The van der Waals surface area contributed by atoms with Crippen LogP contribution in [-0.4, -0.2) is 29.9 Å². The number of halogens is 1. The highest BCUT2D eigenvalue weighted by molar-refractivity contribution is 6.31. The molecule has 0 radical (unpaired) electrons. The molecule has 31 heavy (non-hydrogen) atoms. The average Bonchev–Trinajstić information content (AvgIpc) is 3.03. The van der Waals surface area contributed by atoms with Crippen LogP contribution in [0.1, 0.15) is 41.0 Å². The van der Waals surface area contributed by atoms with Crippen molar-refractivity contribution in [3.8, 4) is 17.2 Å². The Balaban J connectivity index is 1.80. The first kappa shape index (κ1) is 22.7. The third-order valence-electron chi connectivity index (χ3n) is 5.46. The Kier molecular flexibility index (Phi) is 6.91. The van der Waals surface area contributed by atoms with Gasteiger partial charge in [0.15, 0.2) is 0 Å². The van der Waals surface area contributed by atoms with Crippen molar-refractivity contribution < 1.29 is 14.3 Å². The molecule has 0 aliphatic heterocycles. The molecule has 1 N–H and O–H groups in total. The number of methoxy groups -OCH3 is 2. The van der Waals surface area contributed by atoms with Gasteiger partial charge in [-0.25, -0.2) is 4.68 Å². The number of amides is 1. The molecule has 3 rings (SSSR count). The Morgan fingerprint density at radius 1 is 1.13 bits per heavy atom. The second-order valence-corrected chi connectivity index (χ2v) is 7.98. The highest BCUT2D eigenvalue weighted by Crippen LogP contribution is 2.29. The molecule has 3 aromatic rings. The molecule has 1 unspecified atom stereocenters. The monoisotopic (exact) mass is 441 g/mol. The summed E-state index contributed by atoms with van der Waals surface area (Å²) in [6.07, 6.45) is 0.230. The quantitative estimate of drug-likeness (QED) is 0.567.